The first-order valence-corrected chi connectivity index (χ1v) is 11.2. The molecule has 2 aliphatic heterocycles. The van der Waals surface area contributed by atoms with Crippen LogP contribution in [0.3, 0.4) is 0 Å². The molecule has 0 radical (unpaired) electrons. The molecule has 172 valence electrons. The molecule has 31 heavy (non-hydrogen) atoms. The highest BCUT2D eigenvalue weighted by molar-refractivity contribution is 5.81. The summed E-state index contributed by atoms with van der Waals surface area (Å²) in [5, 5.41) is 0. The van der Waals surface area contributed by atoms with Crippen molar-refractivity contribution in [2.75, 3.05) is 58.9 Å². The van der Waals surface area contributed by atoms with E-state index in [1.54, 1.807) is 7.11 Å². The van der Waals surface area contributed by atoms with Gasteiger partial charge in [0.15, 0.2) is 0 Å². The summed E-state index contributed by atoms with van der Waals surface area (Å²) in [5.41, 5.74) is 0.584. The van der Waals surface area contributed by atoms with Gasteiger partial charge >= 0.3 is 0 Å². The number of ether oxygens (including phenoxy) is 1. The molecule has 2 aliphatic rings. The Labute approximate surface area is 186 Å². The van der Waals surface area contributed by atoms with Crippen molar-refractivity contribution < 1.29 is 14.3 Å². The van der Waals surface area contributed by atoms with Crippen LogP contribution in [0.5, 0.6) is 0 Å². The second-order valence-electron chi connectivity index (χ2n) is 9.95. The minimum absolute atomic E-state index is 0.0763. The van der Waals surface area contributed by atoms with Crippen molar-refractivity contribution in [3.63, 3.8) is 0 Å². The lowest BCUT2D eigenvalue weighted by molar-refractivity contribution is -0.140. The van der Waals surface area contributed by atoms with Gasteiger partial charge in [-0.3, -0.25) is 9.59 Å². The second kappa shape index (κ2) is 9.51. The van der Waals surface area contributed by atoms with Gasteiger partial charge in [-0.25, -0.2) is 9.97 Å². The highest BCUT2D eigenvalue weighted by atomic mass is 16.5. The summed E-state index contributed by atoms with van der Waals surface area (Å²) in [6, 6.07) is 2.01. The predicted molar refractivity (Wildman–Crippen MR) is 120 cm³/mol. The van der Waals surface area contributed by atoms with Crippen molar-refractivity contribution in [3.05, 3.63) is 17.6 Å². The van der Waals surface area contributed by atoms with Crippen LogP contribution in [0.2, 0.25) is 0 Å². The molecule has 0 bridgehead atoms. The van der Waals surface area contributed by atoms with Gasteiger partial charge in [-0.2, -0.15) is 0 Å². The van der Waals surface area contributed by atoms with Crippen LogP contribution in [0, 0.1) is 5.41 Å². The number of hydrogen-bond donors (Lipinski definition) is 0. The molecule has 3 rings (SSSR count). The van der Waals surface area contributed by atoms with E-state index in [4.69, 9.17) is 14.7 Å². The van der Waals surface area contributed by atoms with E-state index in [2.05, 4.69) is 0 Å². The van der Waals surface area contributed by atoms with Gasteiger partial charge in [0.25, 0.3) is 0 Å². The number of amides is 2. The zero-order chi connectivity index (χ0) is 22.8. The predicted octanol–water partition coefficient (Wildman–Crippen LogP) is 2.26. The average Bonchev–Trinajstić information content (AvgIpc) is 3.11. The maximum atomic E-state index is 12.6. The topological polar surface area (TPSA) is 78.9 Å². The number of carbonyl (C=O) groups is 2. The van der Waals surface area contributed by atoms with Gasteiger partial charge in [0.2, 0.25) is 11.8 Å². The maximum Gasteiger partial charge on any atom is 0.227 e. The van der Waals surface area contributed by atoms with E-state index in [0.717, 1.165) is 43.3 Å². The molecule has 8 nitrogen and oxygen atoms in total. The van der Waals surface area contributed by atoms with Gasteiger partial charge in [0.1, 0.15) is 11.6 Å². The minimum atomic E-state index is -0.356. The van der Waals surface area contributed by atoms with Crippen LogP contribution < -0.4 is 4.90 Å². The molecule has 2 fully saturated rings. The lowest BCUT2D eigenvalue weighted by atomic mass is 9.90. The molecule has 8 heteroatoms. The van der Waals surface area contributed by atoms with Gasteiger partial charge in [-0.15, -0.1) is 0 Å². The fourth-order valence-electron chi connectivity index (χ4n) is 4.30. The van der Waals surface area contributed by atoms with Crippen LogP contribution in [0.15, 0.2) is 6.07 Å². The lowest BCUT2D eigenvalue weighted by Gasteiger charge is -2.35. The summed E-state index contributed by atoms with van der Waals surface area (Å²) in [7, 11) is 5.61. The molecule has 1 aromatic rings. The number of carbonyl (C=O) groups excluding carboxylic acids is 2. The third-order valence-corrected chi connectivity index (χ3v) is 6.19. The van der Waals surface area contributed by atoms with Gasteiger partial charge in [-0.05, 0) is 12.8 Å². The summed E-state index contributed by atoms with van der Waals surface area (Å²) in [6.45, 7) is 9.20. The molecule has 0 saturated carbocycles. The van der Waals surface area contributed by atoms with E-state index in [9.17, 15) is 9.59 Å². The first-order valence-electron chi connectivity index (χ1n) is 11.2. The van der Waals surface area contributed by atoms with Crippen LogP contribution in [-0.4, -0.2) is 85.6 Å². The number of anilines is 1. The number of piperidine rings is 1. The van der Waals surface area contributed by atoms with E-state index in [0.29, 0.717) is 26.1 Å². The van der Waals surface area contributed by atoms with E-state index < -0.39 is 0 Å². The Morgan fingerprint density at radius 3 is 2.45 bits per heavy atom. The molecule has 2 saturated heterocycles. The van der Waals surface area contributed by atoms with E-state index in [-0.39, 0.29) is 29.1 Å². The number of rotatable bonds is 6. The van der Waals surface area contributed by atoms with Crippen LogP contribution in [0.1, 0.15) is 63.4 Å². The molecular weight excluding hydrogens is 394 g/mol. The van der Waals surface area contributed by atoms with E-state index >= 15 is 0 Å². The van der Waals surface area contributed by atoms with Gasteiger partial charge in [-0.1, -0.05) is 20.8 Å². The van der Waals surface area contributed by atoms with Crippen LogP contribution in [0.25, 0.3) is 0 Å². The molecular formula is C23H37N5O3. The normalized spacial score (nSPS) is 20.5. The zero-order valence-electron chi connectivity index (χ0n) is 19.8. The molecule has 0 aromatic carbocycles. The fourth-order valence-corrected chi connectivity index (χ4v) is 4.30. The van der Waals surface area contributed by atoms with Crippen molar-refractivity contribution in [3.8, 4) is 0 Å². The Morgan fingerprint density at radius 1 is 1.19 bits per heavy atom. The Kier molecular flexibility index (Phi) is 7.19. The highest BCUT2D eigenvalue weighted by Gasteiger charge is 2.34. The Hall–Kier alpha value is -2.22. The highest BCUT2D eigenvalue weighted by Crippen LogP contribution is 2.33. The lowest BCUT2D eigenvalue weighted by Crippen LogP contribution is -2.44. The average molecular weight is 432 g/mol. The van der Waals surface area contributed by atoms with E-state index in [1.807, 2.05) is 55.6 Å². The molecule has 3 heterocycles. The first-order chi connectivity index (χ1) is 14.6. The van der Waals surface area contributed by atoms with Crippen molar-refractivity contribution >= 4 is 17.6 Å². The van der Waals surface area contributed by atoms with Crippen molar-refractivity contribution in [1.82, 2.24) is 19.8 Å². The minimum Gasteiger partial charge on any atom is -0.383 e. The number of aromatic nitrogens is 2. The monoisotopic (exact) mass is 431 g/mol. The summed E-state index contributed by atoms with van der Waals surface area (Å²) >= 11 is 0. The zero-order valence-corrected chi connectivity index (χ0v) is 19.8. The van der Waals surface area contributed by atoms with E-state index in [1.165, 1.54) is 0 Å². The number of methoxy groups -OCH3 is 1. The summed E-state index contributed by atoms with van der Waals surface area (Å²) in [6.07, 6.45) is 2.20. The number of hydrogen-bond acceptors (Lipinski definition) is 6. The summed E-state index contributed by atoms with van der Waals surface area (Å²) in [4.78, 5) is 40.6. The molecule has 2 amide bonds. The first kappa shape index (κ1) is 23.4. The summed E-state index contributed by atoms with van der Waals surface area (Å²) < 4.78 is 5.13. The smallest absolute Gasteiger partial charge is 0.227 e. The SMILES string of the molecule is COCCN1C[C@H](c2cc(N(C)C)nc(C3CCN(C(=O)C(C)(C)C)CC3)n2)CC1=O. The van der Waals surface area contributed by atoms with Crippen molar-refractivity contribution in [2.45, 2.75) is 51.9 Å². The Bertz CT molecular complexity index is 797. The van der Waals surface area contributed by atoms with Gasteiger partial charge in [0.05, 0.1) is 12.3 Å². The standard InChI is InChI=1S/C23H37N5O3/c1-23(2,3)22(30)27-9-7-16(8-10-27)21-24-18(14-19(25-21)26(4)5)17-13-20(29)28(15-17)11-12-31-6/h14,16-17H,7-13,15H2,1-6H3/t17-/m1/s1. The van der Waals surface area contributed by atoms with Gasteiger partial charge in [0, 0.05) is 77.1 Å². The second-order valence-corrected chi connectivity index (χ2v) is 9.95. The number of nitrogens with zero attached hydrogens (tertiary/aromatic N) is 5. The molecule has 1 atom stereocenters. The fraction of sp³-hybridized carbons (Fsp3) is 0.739. The summed E-state index contributed by atoms with van der Waals surface area (Å²) in [5.74, 6) is 2.37. The van der Waals surface area contributed by atoms with Crippen molar-refractivity contribution in [2.24, 2.45) is 5.41 Å². The quantitative estimate of drug-likeness (QED) is 0.687. The van der Waals surface area contributed by atoms with Crippen molar-refractivity contribution in [1.29, 1.82) is 0 Å². The van der Waals surface area contributed by atoms with Crippen LogP contribution in [0.4, 0.5) is 5.82 Å². The maximum absolute atomic E-state index is 12.6. The molecule has 0 unspecified atom stereocenters. The molecule has 0 spiro atoms. The number of likely N-dealkylation sites (tertiary alicyclic amines) is 2. The molecule has 0 N–H and O–H groups in total. The molecule has 1 aromatic heterocycles. The largest absolute Gasteiger partial charge is 0.383 e. The third kappa shape index (κ3) is 5.53. The third-order valence-electron chi connectivity index (χ3n) is 6.19. The Balaban J connectivity index is 1.76. The van der Waals surface area contributed by atoms with Crippen LogP contribution >= 0.6 is 0 Å². The van der Waals surface area contributed by atoms with Crippen LogP contribution in [-0.2, 0) is 14.3 Å². The van der Waals surface area contributed by atoms with Gasteiger partial charge < -0.3 is 19.4 Å². The Morgan fingerprint density at radius 2 is 1.87 bits per heavy atom. The molecule has 0 aliphatic carbocycles.